The maximum Gasteiger partial charge on any atom is 0.201 e. The molecule has 0 aliphatic rings. The summed E-state index contributed by atoms with van der Waals surface area (Å²) in [5, 5.41) is 1.21. The lowest BCUT2D eigenvalue weighted by atomic mass is 10.00. The summed E-state index contributed by atoms with van der Waals surface area (Å²) in [7, 11) is 1.51. The lowest BCUT2D eigenvalue weighted by Crippen LogP contribution is -2.07. The van der Waals surface area contributed by atoms with Crippen LogP contribution in [0.2, 0.25) is 5.02 Å². The molecule has 3 N–H and O–H groups in total. The highest BCUT2D eigenvalue weighted by atomic mass is 35.5. The summed E-state index contributed by atoms with van der Waals surface area (Å²) in [6, 6.07) is 10.6. The molecule has 0 fully saturated rings. The van der Waals surface area contributed by atoms with E-state index in [0.717, 1.165) is 5.52 Å². The Labute approximate surface area is 126 Å². The normalized spacial score (nSPS) is 10.8. The van der Waals surface area contributed by atoms with Crippen LogP contribution in [0.5, 0.6) is 5.75 Å². The van der Waals surface area contributed by atoms with Crippen molar-refractivity contribution in [2.24, 2.45) is 0 Å². The Hall–Kier alpha value is -2.46. The number of aromatic amines is 1. The first-order valence-electron chi connectivity index (χ1n) is 6.36. The number of anilines is 1. The van der Waals surface area contributed by atoms with Gasteiger partial charge in [-0.15, -0.1) is 0 Å². The van der Waals surface area contributed by atoms with Crippen LogP contribution in [0.1, 0.15) is 15.9 Å². The summed E-state index contributed by atoms with van der Waals surface area (Å²) in [5.74, 6) is 0.228. The predicted molar refractivity (Wildman–Crippen MR) is 84.1 cm³/mol. The predicted octanol–water partition coefficient (Wildman–Crippen LogP) is 3.64. The van der Waals surface area contributed by atoms with Crippen LogP contribution >= 0.6 is 11.6 Å². The number of nitrogen functional groups attached to an aromatic ring is 1. The van der Waals surface area contributed by atoms with Gasteiger partial charge in [-0.25, -0.2) is 0 Å². The quantitative estimate of drug-likeness (QED) is 0.573. The number of hydrogen-bond acceptors (Lipinski definition) is 3. The Morgan fingerprint density at radius 2 is 2.00 bits per heavy atom. The van der Waals surface area contributed by atoms with Gasteiger partial charge in [-0.05, 0) is 24.3 Å². The van der Waals surface area contributed by atoms with E-state index in [4.69, 9.17) is 22.1 Å². The van der Waals surface area contributed by atoms with Gasteiger partial charge in [0.25, 0.3) is 0 Å². The topological polar surface area (TPSA) is 68.1 Å². The van der Waals surface area contributed by atoms with E-state index in [1.54, 1.807) is 30.5 Å². The van der Waals surface area contributed by atoms with Crippen LogP contribution in [0.4, 0.5) is 5.69 Å². The molecule has 0 amide bonds. The third-order valence-electron chi connectivity index (χ3n) is 3.41. The molecule has 0 saturated heterocycles. The summed E-state index contributed by atoms with van der Waals surface area (Å²) in [5.41, 5.74) is 7.95. The van der Waals surface area contributed by atoms with Gasteiger partial charge in [0.05, 0.1) is 17.7 Å². The van der Waals surface area contributed by atoms with Crippen molar-refractivity contribution in [1.29, 1.82) is 0 Å². The van der Waals surface area contributed by atoms with E-state index in [0.29, 0.717) is 33.0 Å². The number of methoxy groups -OCH3 is 1. The highest BCUT2D eigenvalue weighted by molar-refractivity contribution is 6.37. The number of fused-ring (bicyclic) bond motifs is 1. The Balaban J connectivity index is 2.23. The molecule has 1 aromatic heterocycles. The summed E-state index contributed by atoms with van der Waals surface area (Å²) in [4.78, 5) is 15.9. The molecule has 3 rings (SSSR count). The van der Waals surface area contributed by atoms with Crippen LogP contribution in [-0.2, 0) is 0 Å². The summed E-state index contributed by atoms with van der Waals surface area (Å²) >= 11 is 6.21. The summed E-state index contributed by atoms with van der Waals surface area (Å²) in [6.07, 6.45) is 1.64. The number of benzene rings is 2. The lowest BCUT2D eigenvalue weighted by molar-refractivity contribution is 0.103. The van der Waals surface area contributed by atoms with E-state index in [-0.39, 0.29) is 5.78 Å². The van der Waals surface area contributed by atoms with Crippen molar-refractivity contribution in [2.45, 2.75) is 0 Å². The minimum atomic E-state index is -0.218. The number of hydrogen-bond donors (Lipinski definition) is 2. The zero-order chi connectivity index (χ0) is 15.0. The molecule has 106 valence electrons. The van der Waals surface area contributed by atoms with Crippen molar-refractivity contribution >= 4 is 34.0 Å². The molecule has 3 aromatic rings. The fraction of sp³-hybridized carbons (Fsp3) is 0.0625. The van der Waals surface area contributed by atoms with Gasteiger partial charge in [-0.2, -0.15) is 0 Å². The van der Waals surface area contributed by atoms with Crippen LogP contribution < -0.4 is 10.5 Å². The molecule has 21 heavy (non-hydrogen) atoms. The van der Waals surface area contributed by atoms with Gasteiger partial charge in [0.1, 0.15) is 5.75 Å². The Bertz CT molecular complexity index is 839. The number of ketones is 1. The molecule has 0 aliphatic heterocycles. The average molecular weight is 301 g/mol. The van der Waals surface area contributed by atoms with Crippen LogP contribution in [0.15, 0.2) is 42.6 Å². The van der Waals surface area contributed by atoms with Crippen molar-refractivity contribution in [1.82, 2.24) is 4.98 Å². The van der Waals surface area contributed by atoms with Crippen molar-refractivity contribution < 1.29 is 9.53 Å². The van der Waals surface area contributed by atoms with Gasteiger partial charge in [-0.3, -0.25) is 4.79 Å². The van der Waals surface area contributed by atoms with E-state index < -0.39 is 0 Å². The van der Waals surface area contributed by atoms with Crippen LogP contribution in [-0.4, -0.2) is 17.9 Å². The number of rotatable bonds is 3. The lowest BCUT2D eigenvalue weighted by Gasteiger charge is -2.10. The van der Waals surface area contributed by atoms with E-state index in [1.807, 2.05) is 12.1 Å². The Morgan fingerprint density at radius 3 is 2.76 bits per heavy atom. The molecular weight excluding hydrogens is 288 g/mol. The fourth-order valence-corrected chi connectivity index (χ4v) is 2.69. The van der Waals surface area contributed by atoms with Crippen molar-refractivity contribution in [3.05, 3.63) is 58.7 Å². The molecule has 1 heterocycles. The highest BCUT2D eigenvalue weighted by Crippen LogP contribution is 2.32. The number of H-pyrrole nitrogens is 1. The first kappa shape index (κ1) is 13.5. The molecule has 2 aromatic carbocycles. The van der Waals surface area contributed by atoms with E-state index in [2.05, 4.69) is 4.98 Å². The van der Waals surface area contributed by atoms with Gasteiger partial charge in [-0.1, -0.05) is 23.7 Å². The van der Waals surface area contributed by atoms with E-state index in [1.165, 1.54) is 7.11 Å². The second kappa shape index (κ2) is 5.14. The van der Waals surface area contributed by atoms with Crippen LogP contribution in [0, 0.1) is 0 Å². The van der Waals surface area contributed by atoms with Gasteiger partial charge >= 0.3 is 0 Å². The van der Waals surface area contributed by atoms with Gasteiger partial charge < -0.3 is 15.5 Å². The molecule has 0 unspecified atom stereocenters. The van der Waals surface area contributed by atoms with Gasteiger partial charge in [0.2, 0.25) is 5.78 Å². The average Bonchev–Trinajstić information content (AvgIpc) is 2.91. The molecule has 0 aliphatic carbocycles. The summed E-state index contributed by atoms with van der Waals surface area (Å²) in [6.45, 7) is 0. The van der Waals surface area contributed by atoms with Gasteiger partial charge in [0, 0.05) is 28.4 Å². The maximum atomic E-state index is 12.8. The first-order chi connectivity index (χ1) is 10.1. The monoisotopic (exact) mass is 300 g/mol. The van der Waals surface area contributed by atoms with E-state index >= 15 is 0 Å². The number of aromatic nitrogens is 1. The van der Waals surface area contributed by atoms with Crippen molar-refractivity contribution in [3.8, 4) is 5.75 Å². The molecule has 0 radical (unpaired) electrons. The third-order valence-corrected chi connectivity index (χ3v) is 3.72. The zero-order valence-electron chi connectivity index (χ0n) is 11.3. The standard InChI is InChI=1S/C16H13ClN2O2/c1-21-13-7-3-5-11(18)15(13)16(20)9-8-19-12-6-2-4-10(17)14(9)12/h2-8,19H,18H2,1H3. The van der Waals surface area contributed by atoms with Crippen LogP contribution in [0.25, 0.3) is 10.9 Å². The number of nitrogens with two attached hydrogens (primary N) is 1. The molecule has 5 heteroatoms. The SMILES string of the molecule is COc1cccc(N)c1C(=O)c1c[nH]c2cccc(Cl)c12. The molecular formula is C16H13ClN2O2. The van der Waals surface area contributed by atoms with Crippen molar-refractivity contribution in [2.75, 3.05) is 12.8 Å². The van der Waals surface area contributed by atoms with Crippen LogP contribution in [0.3, 0.4) is 0 Å². The van der Waals surface area contributed by atoms with Crippen molar-refractivity contribution in [3.63, 3.8) is 0 Å². The minimum absolute atomic E-state index is 0.218. The second-order valence-corrected chi connectivity index (χ2v) is 5.03. The first-order valence-corrected chi connectivity index (χ1v) is 6.74. The number of carbonyl (C=O) groups excluding carboxylic acids is 1. The molecule has 0 bridgehead atoms. The number of nitrogens with one attached hydrogen (secondary N) is 1. The zero-order valence-corrected chi connectivity index (χ0v) is 12.1. The Kier molecular flexibility index (Phi) is 3.31. The number of halogens is 1. The van der Waals surface area contributed by atoms with Gasteiger partial charge in [0.15, 0.2) is 0 Å². The largest absolute Gasteiger partial charge is 0.496 e. The minimum Gasteiger partial charge on any atom is -0.496 e. The Morgan fingerprint density at radius 1 is 1.24 bits per heavy atom. The maximum absolute atomic E-state index is 12.8. The molecule has 0 atom stereocenters. The molecule has 0 spiro atoms. The summed E-state index contributed by atoms with van der Waals surface area (Å²) < 4.78 is 5.24. The number of ether oxygens (including phenoxy) is 1. The number of carbonyl (C=O) groups is 1. The van der Waals surface area contributed by atoms with E-state index in [9.17, 15) is 4.79 Å². The molecule has 0 saturated carbocycles. The fourth-order valence-electron chi connectivity index (χ4n) is 2.42. The molecule has 4 nitrogen and oxygen atoms in total. The smallest absolute Gasteiger partial charge is 0.201 e. The second-order valence-electron chi connectivity index (χ2n) is 4.62. The third kappa shape index (κ3) is 2.14. The highest BCUT2D eigenvalue weighted by Gasteiger charge is 2.21.